The van der Waals surface area contributed by atoms with E-state index in [0.29, 0.717) is 32.4 Å². The fourth-order valence-corrected chi connectivity index (χ4v) is 5.15. The highest BCUT2D eigenvalue weighted by Crippen LogP contribution is 2.38. The molecule has 0 saturated carbocycles. The third-order valence-corrected chi connectivity index (χ3v) is 7.01. The molecule has 172 valence electrons. The molecule has 0 bridgehead atoms. The number of hydrogen-bond donors (Lipinski definition) is 0. The van der Waals surface area contributed by atoms with Crippen LogP contribution in [0.2, 0.25) is 0 Å². The average Bonchev–Trinajstić information content (AvgIpc) is 3.49. The number of thiazole rings is 1. The number of aromatic nitrogens is 3. The first-order valence-corrected chi connectivity index (χ1v) is 12.4. The summed E-state index contributed by atoms with van der Waals surface area (Å²) in [5.41, 5.74) is 3.64. The summed E-state index contributed by atoms with van der Waals surface area (Å²) < 4.78 is 8.11. The number of nitrogens with zero attached hydrogens (tertiary/aromatic N) is 3. The summed E-state index contributed by atoms with van der Waals surface area (Å²) in [5.74, 6) is -0.216. The van der Waals surface area contributed by atoms with E-state index in [1.807, 2.05) is 66.9 Å². The average molecular weight is 498 g/mol. The van der Waals surface area contributed by atoms with Gasteiger partial charge < -0.3 is 4.74 Å². The molecule has 3 aromatic carbocycles. The van der Waals surface area contributed by atoms with Crippen LogP contribution in [-0.4, -0.2) is 25.8 Å². The topological polar surface area (TPSA) is 74.1 Å². The molecule has 0 spiro atoms. The molecule has 5 aromatic rings. The second-order valence-electron chi connectivity index (χ2n) is 7.52. The lowest BCUT2D eigenvalue weighted by Gasteiger charge is -2.09. The van der Waals surface area contributed by atoms with E-state index in [4.69, 9.17) is 4.74 Å². The van der Waals surface area contributed by atoms with Gasteiger partial charge >= 0.3 is 5.97 Å². The quantitative estimate of drug-likeness (QED) is 0.198. The second-order valence-corrected chi connectivity index (χ2v) is 9.60. The number of ether oxygens (including phenoxy) is 1. The minimum atomic E-state index is -0.493. The van der Waals surface area contributed by atoms with E-state index in [1.54, 1.807) is 41.1 Å². The molecule has 2 aromatic heterocycles. The lowest BCUT2D eigenvalue weighted by Crippen LogP contribution is -2.12. The van der Waals surface area contributed by atoms with Crippen LogP contribution in [-0.2, 0) is 0 Å². The van der Waals surface area contributed by atoms with Gasteiger partial charge in [-0.3, -0.25) is 4.79 Å². The molecule has 2 heterocycles. The van der Waals surface area contributed by atoms with Crippen molar-refractivity contribution in [2.45, 2.75) is 11.3 Å². The van der Waals surface area contributed by atoms with Gasteiger partial charge in [-0.25, -0.2) is 9.78 Å². The Hall–Kier alpha value is -4.01. The van der Waals surface area contributed by atoms with Gasteiger partial charge in [-0.1, -0.05) is 66.7 Å². The van der Waals surface area contributed by atoms with Crippen LogP contribution in [0.1, 0.15) is 26.4 Å². The molecule has 0 aliphatic carbocycles. The van der Waals surface area contributed by atoms with Crippen LogP contribution < -0.4 is 4.74 Å². The highest BCUT2D eigenvalue weighted by atomic mass is 32.2. The summed E-state index contributed by atoms with van der Waals surface area (Å²) in [6.07, 6.45) is 0. The number of aryl methyl sites for hydroxylation is 1. The molecule has 0 atom stereocenters. The minimum Gasteiger partial charge on any atom is -0.403 e. The molecule has 0 radical (unpaired) electrons. The van der Waals surface area contributed by atoms with E-state index >= 15 is 0 Å². The standard InChI is InChI=1S/C27H19N3O3S2/c1-18-23(22-17-34-27(28-22)35-26(32)20-13-7-3-8-14-20)24(30(29-18)21-15-9-4-10-16-21)33-25(31)19-11-5-2-6-12-19/h2-17H,1H3. The molecule has 5 rings (SSSR count). The number of esters is 1. The summed E-state index contributed by atoms with van der Waals surface area (Å²) in [4.78, 5) is 30.3. The number of thioether (sulfide) groups is 1. The Bertz CT molecular complexity index is 1480. The van der Waals surface area contributed by atoms with Crippen molar-refractivity contribution in [3.63, 3.8) is 0 Å². The van der Waals surface area contributed by atoms with Crippen LogP contribution >= 0.6 is 23.1 Å². The maximum Gasteiger partial charge on any atom is 0.344 e. The summed E-state index contributed by atoms with van der Waals surface area (Å²) in [6, 6.07) is 27.3. The normalized spacial score (nSPS) is 10.8. The Morgan fingerprint density at radius 2 is 1.46 bits per heavy atom. The maximum atomic E-state index is 13.0. The summed E-state index contributed by atoms with van der Waals surface area (Å²) in [7, 11) is 0. The van der Waals surface area contributed by atoms with E-state index in [-0.39, 0.29) is 11.0 Å². The highest BCUT2D eigenvalue weighted by Gasteiger charge is 2.25. The molecule has 8 heteroatoms. The number of carbonyl (C=O) groups excluding carboxylic acids is 2. The first-order valence-electron chi connectivity index (χ1n) is 10.8. The zero-order valence-corrected chi connectivity index (χ0v) is 20.3. The van der Waals surface area contributed by atoms with Gasteiger partial charge in [-0.2, -0.15) is 9.78 Å². The SMILES string of the molecule is Cc1nn(-c2ccccc2)c(OC(=O)c2ccccc2)c1-c1csc(SC(=O)c2ccccc2)n1. The van der Waals surface area contributed by atoms with Crippen LogP contribution in [0.3, 0.4) is 0 Å². The van der Waals surface area contributed by atoms with E-state index in [9.17, 15) is 9.59 Å². The Kier molecular flexibility index (Phi) is 6.56. The molecule has 0 N–H and O–H groups in total. The molecule has 0 aliphatic heterocycles. The van der Waals surface area contributed by atoms with Crippen molar-refractivity contribution in [3.8, 4) is 22.8 Å². The third kappa shape index (κ3) is 4.94. The van der Waals surface area contributed by atoms with Crippen molar-refractivity contribution in [3.05, 3.63) is 113 Å². The molecule has 0 unspecified atom stereocenters. The van der Waals surface area contributed by atoms with Gasteiger partial charge in [-0.05, 0) is 43.0 Å². The van der Waals surface area contributed by atoms with E-state index in [0.717, 1.165) is 17.4 Å². The van der Waals surface area contributed by atoms with E-state index in [2.05, 4.69) is 10.1 Å². The molecular formula is C27H19N3O3S2. The Morgan fingerprint density at radius 1 is 0.857 bits per heavy atom. The molecule has 0 fully saturated rings. The molecule has 0 saturated heterocycles. The zero-order chi connectivity index (χ0) is 24.2. The molecule has 0 aliphatic rings. The van der Waals surface area contributed by atoms with Crippen LogP contribution in [0.5, 0.6) is 5.88 Å². The maximum absolute atomic E-state index is 13.0. The number of hydrogen-bond acceptors (Lipinski definition) is 7. The number of rotatable bonds is 6. The number of para-hydroxylation sites is 1. The van der Waals surface area contributed by atoms with Gasteiger partial charge in [0.15, 0.2) is 4.34 Å². The monoisotopic (exact) mass is 497 g/mol. The van der Waals surface area contributed by atoms with Gasteiger partial charge in [0.1, 0.15) is 0 Å². The number of carbonyl (C=O) groups is 2. The van der Waals surface area contributed by atoms with Gasteiger partial charge in [0, 0.05) is 10.9 Å². The van der Waals surface area contributed by atoms with Gasteiger partial charge in [0.05, 0.1) is 28.2 Å². The van der Waals surface area contributed by atoms with Crippen molar-refractivity contribution in [2.75, 3.05) is 0 Å². The van der Waals surface area contributed by atoms with Crippen LogP contribution in [0.4, 0.5) is 0 Å². The van der Waals surface area contributed by atoms with E-state index < -0.39 is 5.97 Å². The van der Waals surface area contributed by atoms with Crippen LogP contribution in [0.15, 0.2) is 101 Å². The lowest BCUT2D eigenvalue weighted by atomic mass is 10.2. The molecule has 0 amide bonds. The first-order chi connectivity index (χ1) is 17.1. The van der Waals surface area contributed by atoms with Gasteiger partial charge in [0.25, 0.3) is 0 Å². The summed E-state index contributed by atoms with van der Waals surface area (Å²) in [6.45, 7) is 1.84. The van der Waals surface area contributed by atoms with Crippen LogP contribution in [0, 0.1) is 6.92 Å². The van der Waals surface area contributed by atoms with Crippen molar-refractivity contribution in [2.24, 2.45) is 0 Å². The number of benzene rings is 3. The highest BCUT2D eigenvalue weighted by molar-refractivity contribution is 8.15. The Balaban J connectivity index is 1.52. The largest absolute Gasteiger partial charge is 0.403 e. The van der Waals surface area contributed by atoms with Gasteiger partial charge in [-0.15, -0.1) is 11.3 Å². The molecule has 35 heavy (non-hydrogen) atoms. The fraction of sp³-hybridized carbons (Fsp3) is 0.0370. The van der Waals surface area contributed by atoms with Crippen molar-refractivity contribution < 1.29 is 14.3 Å². The molecule has 6 nitrogen and oxygen atoms in total. The lowest BCUT2D eigenvalue weighted by molar-refractivity contribution is 0.0723. The Labute approximate surface area is 210 Å². The van der Waals surface area contributed by atoms with Crippen molar-refractivity contribution >= 4 is 34.2 Å². The van der Waals surface area contributed by atoms with Gasteiger partial charge in [0.2, 0.25) is 11.0 Å². The van der Waals surface area contributed by atoms with E-state index in [1.165, 1.54) is 11.3 Å². The predicted molar refractivity (Wildman–Crippen MR) is 137 cm³/mol. The van der Waals surface area contributed by atoms with Crippen molar-refractivity contribution in [1.82, 2.24) is 14.8 Å². The molecular weight excluding hydrogens is 478 g/mol. The predicted octanol–water partition coefficient (Wildman–Crippen LogP) is 6.46. The summed E-state index contributed by atoms with van der Waals surface area (Å²) in [5, 5.41) is 6.41. The summed E-state index contributed by atoms with van der Waals surface area (Å²) >= 11 is 2.43. The minimum absolute atomic E-state index is 0.0843. The first kappa shape index (κ1) is 22.8. The smallest absolute Gasteiger partial charge is 0.344 e. The zero-order valence-electron chi connectivity index (χ0n) is 18.6. The van der Waals surface area contributed by atoms with Crippen molar-refractivity contribution in [1.29, 1.82) is 0 Å². The third-order valence-electron chi connectivity index (χ3n) is 5.15. The fourth-order valence-electron chi connectivity index (χ4n) is 3.49. The Morgan fingerprint density at radius 3 is 2.11 bits per heavy atom. The van der Waals surface area contributed by atoms with Crippen LogP contribution in [0.25, 0.3) is 16.9 Å². The second kappa shape index (κ2) is 10.1.